The van der Waals surface area contributed by atoms with Gasteiger partial charge in [0.15, 0.2) is 0 Å². The Morgan fingerprint density at radius 1 is 0.938 bits per heavy atom. The lowest BCUT2D eigenvalue weighted by Crippen LogP contribution is -2.49. The van der Waals surface area contributed by atoms with Gasteiger partial charge >= 0.3 is 0 Å². The third kappa shape index (κ3) is 5.88. The van der Waals surface area contributed by atoms with E-state index in [1.807, 2.05) is 56.3 Å². The smallest absolute Gasteiger partial charge is 0.242 e. The Balaban J connectivity index is 1.78. The Morgan fingerprint density at radius 2 is 1.62 bits per heavy atom. The Bertz CT molecular complexity index is 1050. The number of carbonyl (C=O) groups is 2. The van der Waals surface area contributed by atoms with Crippen molar-refractivity contribution in [3.63, 3.8) is 0 Å². The largest absolute Gasteiger partial charge is 0.497 e. The molecule has 168 valence electrons. The van der Waals surface area contributed by atoms with E-state index in [0.717, 1.165) is 27.6 Å². The summed E-state index contributed by atoms with van der Waals surface area (Å²) in [7, 11) is 1.62. The van der Waals surface area contributed by atoms with Gasteiger partial charge in [-0.2, -0.15) is 0 Å². The molecular weight excluding hydrogens is 400 g/mol. The van der Waals surface area contributed by atoms with E-state index in [2.05, 4.69) is 29.6 Å². The van der Waals surface area contributed by atoms with Crippen LogP contribution in [0.3, 0.4) is 0 Å². The van der Waals surface area contributed by atoms with Gasteiger partial charge in [0, 0.05) is 19.0 Å². The summed E-state index contributed by atoms with van der Waals surface area (Å²) in [5.41, 5.74) is 2.09. The second kappa shape index (κ2) is 10.8. The second-order valence-electron chi connectivity index (χ2n) is 8.35. The average Bonchev–Trinajstić information content (AvgIpc) is 2.80. The van der Waals surface area contributed by atoms with Crippen molar-refractivity contribution in [1.82, 2.24) is 10.2 Å². The van der Waals surface area contributed by atoms with Gasteiger partial charge in [-0.1, -0.05) is 54.6 Å². The number of benzene rings is 3. The van der Waals surface area contributed by atoms with Gasteiger partial charge in [0.05, 0.1) is 7.11 Å². The number of hydrogen-bond acceptors (Lipinski definition) is 3. The fourth-order valence-corrected chi connectivity index (χ4v) is 3.81. The molecule has 3 aromatic rings. The Morgan fingerprint density at radius 3 is 2.31 bits per heavy atom. The van der Waals surface area contributed by atoms with Crippen molar-refractivity contribution in [2.45, 2.75) is 52.2 Å². The number of fused-ring (bicyclic) bond motifs is 1. The van der Waals surface area contributed by atoms with E-state index in [1.54, 1.807) is 18.9 Å². The molecule has 0 aliphatic rings. The minimum atomic E-state index is -0.570. The normalized spacial score (nSPS) is 11.9. The van der Waals surface area contributed by atoms with E-state index in [4.69, 9.17) is 4.74 Å². The van der Waals surface area contributed by atoms with Crippen molar-refractivity contribution in [3.05, 3.63) is 77.9 Å². The summed E-state index contributed by atoms with van der Waals surface area (Å²) >= 11 is 0. The predicted molar refractivity (Wildman–Crippen MR) is 129 cm³/mol. The molecule has 3 aromatic carbocycles. The molecule has 5 nitrogen and oxygen atoms in total. The van der Waals surface area contributed by atoms with Crippen LogP contribution in [0.5, 0.6) is 5.75 Å². The summed E-state index contributed by atoms with van der Waals surface area (Å²) in [6.07, 6.45) is 0.960. The Hall–Kier alpha value is -3.34. The Kier molecular flexibility index (Phi) is 7.87. The molecule has 0 saturated carbocycles. The van der Waals surface area contributed by atoms with Crippen molar-refractivity contribution in [2.75, 3.05) is 7.11 Å². The fraction of sp³-hybridized carbons (Fsp3) is 0.333. The number of rotatable bonds is 9. The molecule has 0 aliphatic carbocycles. The summed E-state index contributed by atoms with van der Waals surface area (Å²) in [6, 6.07) is 21.4. The van der Waals surface area contributed by atoms with Gasteiger partial charge in [-0.3, -0.25) is 9.59 Å². The molecule has 0 aromatic heterocycles. The third-order valence-corrected chi connectivity index (χ3v) is 5.60. The van der Waals surface area contributed by atoms with Crippen LogP contribution in [0.15, 0.2) is 66.7 Å². The number of aryl methyl sites for hydroxylation is 1. The average molecular weight is 433 g/mol. The summed E-state index contributed by atoms with van der Waals surface area (Å²) < 4.78 is 5.23. The summed E-state index contributed by atoms with van der Waals surface area (Å²) in [5.74, 6) is 0.570. The highest BCUT2D eigenvalue weighted by molar-refractivity contribution is 5.89. The zero-order valence-corrected chi connectivity index (χ0v) is 19.3. The van der Waals surface area contributed by atoms with E-state index < -0.39 is 6.04 Å². The van der Waals surface area contributed by atoms with Gasteiger partial charge < -0.3 is 15.0 Å². The van der Waals surface area contributed by atoms with Crippen molar-refractivity contribution >= 4 is 22.6 Å². The molecule has 0 heterocycles. The SMILES string of the molecule is COc1ccc(CN(C(=O)CCc2cccc3ccccc23)[C@@H](C)C(=O)NC(C)C)cc1. The highest BCUT2D eigenvalue weighted by atomic mass is 16.5. The summed E-state index contributed by atoms with van der Waals surface area (Å²) in [4.78, 5) is 27.7. The van der Waals surface area contributed by atoms with E-state index >= 15 is 0 Å². The number of ether oxygens (including phenoxy) is 1. The number of nitrogens with one attached hydrogen (secondary N) is 1. The van der Waals surface area contributed by atoms with Crippen LogP contribution in [-0.4, -0.2) is 35.9 Å². The molecular formula is C27H32N2O3. The molecule has 0 aliphatic heterocycles. The Labute approximate surface area is 190 Å². The number of methoxy groups -OCH3 is 1. The molecule has 5 heteroatoms. The number of amides is 2. The zero-order valence-electron chi connectivity index (χ0n) is 19.3. The minimum absolute atomic E-state index is 0.0126. The van der Waals surface area contributed by atoms with Gasteiger partial charge in [-0.25, -0.2) is 0 Å². The van der Waals surface area contributed by atoms with Crippen molar-refractivity contribution in [1.29, 1.82) is 0 Å². The highest BCUT2D eigenvalue weighted by Crippen LogP contribution is 2.21. The van der Waals surface area contributed by atoms with Crippen LogP contribution < -0.4 is 10.1 Å². The number of nitrogens with zero attached hydrogens (tertiary/aromatic N) is 1. The van der Waals surface area contributed by atoms with Crippen LogP contribution >= 0.6 is 0 Å². The van der Waals surface area contributed by atoms with Gasteiger partial charge in [0.2, 0.25) is 11.8 Å². The first-order valence-corrected chi connectivity index (χ1v) is 11.1. The van der Waals surface area contributed by atoms with Gasteiger partial charge in [0.1, 0.15) is 11.8 Å². The summed E-state index contributed by atoms with van der Waals surface area (Å²) in [5, 5.41) is 5.25. The van der Waals surface area contributed by atoms with E-state index in [-0.39, 0.29) is 17.9 Å². The van der Waals surface area contributed by atoms with E-state index in [1.165, 1.54) is 0 Å². The molecule has 1 N–H and O–H groups in total. The monoisotopic (exact) mass is 432 g/mol. The maximum Gasteiger partial charge on any atom is 0.242 e. The van der Waals surface area contributed by atoms with E-state index in [0.29, 0.717) is 19.4 Å². The predicted octanol–water partition coefficient (Wildman–Crippen LogP) is 4.72. The molecule has 32 heavy (non-hydrogen) atoms. The van der Waals surface area contributed by atoms with Crippen molar-refractivity contribution in [3.8, 4) is 5.75 Å². The molecule has 0 saturated heterocycles. The first kappa shape index (κ1) is 23.3. The standard InChI is InChI=1S/C27H32N2O3/c1-19(2)28-27(31)20(3)29(18-21-12-15-24(32-4)16-13-21)26(30)17-14-23-10-7-9-22-8-5-6-11-25(22)23/h5-13,15-16,19-20H,14,17-18H2,1-4H3,(H,28,31)/t20-/m0/s1. The van der Waals surface area contributed by atoms with Crippen molar-refractivity contribution < 1.29 is 14.3 Å². The quantitative estimate of drug-likeness (QED) is 0.532. The van der Waals surface area contributed by atoms with Gasteiger partial charge in [0.25, 0.3) is 0 Å². The topological polar surface area (TPSA) is 58.6 Å². The lowest BCUT2D eigenvalue weighted by atomic mass is 10.0. The van der Waals surface area contributed by atoms with Gasteiger partial charge in [-0.15, -0.1) is 0 Å². The van der Waals surface area contributed by atoms with Crippen LogP contribution in [0.1, 0.15) is 38.3 Å². The molecule has 0 bridgehead atoms. The lowest BCUT2D eigenvalue weighted by molar-refractivity contribution is -0.140. The number of carbonyl (C=O) groups excluding carboxylic acids is 2. The maximum absolute atomic E-state index is 13.3. The molecule has 1 atom stereocenters. The fourth-order valence-electron chi connectivity index (χ4n) is 3.81. The minimum Gasteiger partial charge on any atom is -0.497 e. The molecule has 0 radical (unpaired) electrons. The molecule has 0 unspecified atom stereocenters. The van der Waals surface area contributed by atoms with Crippen LogP contribution in [0.4, 0.5) is 0 Å². The zero-order chi connectivity index (χ0) is 23.1. The highest BCUT2D eigenvalue weighted by Gasteiger charge is 2.26. The molecule has 0 spiro atoms. The first-order chi connectivity index (χ1) is 15.4. The van der Waals surface area contributed by atoms with Crippen LogP contribution in [0, 0.1) is 0 Å². The van der Waals surface area contributed by atoms with Crippen LogP contribution in [-0.2, 0) is 22.6 Å². The van der Waals surface area contributed by atoms with E-state index in [9.17, 15) is 9.59 Å². The van der Waals surface area contributed by atoms with Gasteiger partial charge in [-0.05, 0) is 61.2 Å². The van der Waals surface area contributed by atoms with Crippen LogP contribution in [0.2, 0.25) is 0 Å². The third-order valence-electron chi connectivity index (χ3n) is 5.60. The van der Waals surface area contributed by atoms with Crippen molar-refractivity contribution in [2.24, 2.45) is 0 Å². The van der Waals surface area contributed by atoms with Crippen LogP contribution in [0.25, 0.3) is 10.8 Å². The molecule has 2 amide bonds. The first-order valence-electron chi connectivity index (χ1n) is 11.1. The number of hydrogen-bond donors (Lipinski definition) is 1. The summed E-state index contributed by atoms with van der Waals surface area (Å²) in [6.45, 7) is 5.99. The second-order valence-corrected chi connectivity index (χ2v) is 8.35. The maximum atomic E-state index is 13.3. The lowest BCUT2D eigenvalue weighted by Gasteiger charge is -2.29. The molecule has 3 rings (SSSR count). The molecule has 0 fully saturated rings.